The van der Waals surface area contributed by atoms with Crippen LogP contribution in [-0.4, -0.2) is 29.0 Å². The fourth-order valence-corrected chi connectivity index (χ4v) is 4.08. The molecule has 0 spiro atoms. The lowest BCUT2D eigenvalue weighted by Gasteiger charge is -2.42. The smallest absolute Gasteiger partial charge is 0.374 e. The topological polar surface area (TPSA) is 20.2 Å². The van der Waals surface area contributed by atoms with E-state index in [1.807, 2.05) is 0 Å². The highest BCUT2D eigenvalue weighted by Gasteiger charge is 2.75. The molecule has 130 valence electrons. The predicted molar refractivity (Wildman–Crippen MR) is 60.0 cm³/mol. The highest BCUT2D eigenvalue weighted by atomic mass is 19.4. The van der Waals surface area contributed by atoms with Crippen LogP contribution in [0.15, 0.2) is 0 Å². The van der Waals surface area contributed by atoms with E-state index in [1.54, 1.807) is 6.92 Å². The molecule has 2 aliphatic rings. The lowest BCUT2D eigenvalue weighted by Crippen LogP contribution is -2.60. The van der Waals surface area contributed by atoms with Gasteiger partial charge >= 0.3 is 12.4 Å². The Hall–Kier alpha value is -0.600. The Labute approximate surface area is 121 Å². The van der Waals surface area contributed by atoms with Crippen LogP contribution in [0.5, 0.6) is 0 Å². The van der Waals surface area contributed by atoms with Crippen molar-refractivity contribution in [2.24, 2.45) is 29.6 Å². The second-order valence-electron chi connectivity index (χ2n) is 6.57. The highest BCUT2D eigenvalue weighted by Crippen LogP contribution is 2.65. The fraction of sp³-hybridized carbons (Fsp3) is 1.00. The number of hydrogen-bond donors (Lipinski definition) is 1. The van der Waals surface area contributed by atoms with E-state index in [1.165, 1.54) is 6.92 Å². The molecule has 0 aromatic heterocycles. The van der Waals surface area contributed by atoms with Gasteiger partial charge in [0.25, 0.3) is 11.5 Å². The Morgan fingerprint density at radius 2 is 1.41 bits per heavy atom. The molecule has 2 aliphatic carbocycles. The molecule has 2 fully saturated rings. The van der Waals surface area contributed by atoms with Crippen molar-refractivity contribution in [2.45, 2.75) is 50.6 Å². The van der Waals surface area contributed by atoms with Gasteiger partial charge in [0.1, 0.15) is 0 Å². The van der Waals surface area contributed by atoms with Crippen LogP contribution in [0.1, 0.15) is 26.7 Å². The molecule has 1 N–H and O–H groups in total. The Morgan fingerprint density at radius 3 is 1.77 bits per heavy atom. The molecule has 1 nitrogen and oxygen atoms in total. The maximum absolute atomic E-state index is 14.2. The molecule has 5 unspecified atom stereocenters. The number of hydrogen-bond acceptors (Lipinski definition) is 1. The molecule has 22 heavy (non-hydrogen) atoms. The summed E-state index contributed by atoms with van der Waals surface area (Å²) in [6.07, 6.45) is -14.3. The molecule has 2 bridgehead atoms. The molecule has 0 aromatic carbocycles. The van der Waals surface area contributed by atoms with Gasteiger partial charge in [0.05, 0.1) is 0 Å². The fourth-order valence-electron chi connectivity index (χ4n) is 4.08. The Kier molecular flexibility index (Phi) is 3.80. The first-order valence-corrected chi connectivity index (χ1v) is 6.88. The van der Waals surface area contributed by atoms with E-state index in [4.69, 9.17) is 0 Å². The van der Waals surface area contributed by atoms with Crippen molar-refractivity contribution < 1.29 is 40.2 Å². The van der Waals surface area contributed by atoms with Gasteiger partial charge in [-0.05, 0) is 24.2 Å². The normalized spacial score (nSPS) is 38.6. The van der Waals surface area contributed by atoms with Crippen molar-refractivity contribution in [3.05, 3.63) is 0 Å². The van der Waals surface area contributed by atoms with Crippen molar-refractivity contribution >= 4 is 0 Å². The average Bonchev–Trinajstić information content (AvgIpc) is 2.73. The van der Waals surface area contributed by atoms with E-state index < -0.39 is 59.9 Å². The number of aliphatic hydroxyl groups is 1. The average molecular weight is 340 g/mol. The van der Waals surface area contributed by atoms with Gasteiger partial charge in [0.2, 0.25) is 0 Å². The van der Waals surface area contributed by atoms with E-state index in [9.17, 15) is 40.2 Å². The van der Waals surface area contributed by atoms with Crippen molar-refractivity contribution in [1.82, 2.24) is 0 Å². The lowest BCUT2D eigenvalue weighted by molar-refractivity contribution is -0.377. The Morgan fingerprint density at radius 1 is 0.955 bits per heavy atom. The summed E-state index contributed by atoms with van der Waals surface area (Å²) in [4.78, 5) is 0. The van der Waals surface area contributed by atoms with Crippen molar-refractivity contribution in [3.63, 3.8) is 0 Å². The minimum atomic E-state index is -6.06. The molecule has 0 amide bonds. The first kappa shape index (κ1) is 17.7. The van der Waals surface area contributed by atoms with Crippen LogP contribution in [0.2, 0.25) is 0 Å². The van der Waals surface area contributed by atoms with Crippen molar-refractivity contribution in [2.75, 3.05) is 0 Å². The highest BCUT2D eigenvalue weighted by molar-refractivity contribution is 5.10. The van der Waals surface area contributed by atoms with E-state index in [0.717, 1.165) is 0 Å². The van der Waals surface area contributed by atoms with Crippen LogP contribution in [0.3, 0.4) is 0 Å². The third-order valence-corrected chi connectivity index (χ3v) is 5.62. The van der Waals surface area contributed by atoms with Crippen LogP contribution in [0.25, 0.3) is 0 Å². The van der Waals surface area contributed by atoms with Gasteiger partial charge in [-0.15, -0.1) is 0 Å². The molecule has 0 radical (unpaired) electrons. The summed E-state index contributed by atoms with van der Waals surface area (Å²) in [6, 6.07) is 0. The standard InChI is InChI=1S/C13H16F8O/c1-5-6(2)8-3-7(5)9(11(8,14)15)4-10(22,12(16,17)18)13(19,20)21/h5-9,22H,3-4H2,1-2H3. The van der Waals surface area contributed by atoms with Gasteiger partial charge in [-0.25, -0.2) is 8.78 Å². The maximum atomic E-state index is 14.2. The van der Waals surface area contributed by atoms with Gasteiger partial charge in [0, 0.05) is 18.3 Å². The molecule has 5 atom stereocenters. The molecule has 0 heterocycles. The molecule has 0 saturated heterocycles. The van der Waals surface area contributed by atoms with Crippen LogP contribution in [0, 0.1) is 29.6 Å². The number of rotatable bonds is 2. The minimum absolute atomic E-state index is 0.105. The second-order valence-corrected chi connectivity index (χ2v) is 6.57. The summed E-state index contributed by atoms with van der Waals surface area (Å²) in [5, 5.41) is 9.17. The summed E-state index contributed by atoms with van der Waals surface area (Å²) < 4.78 is 105. The molecule has 0 aliphatic heterocycles. The molecule has 9 heteroatoms. The second kappa shape index (κ2) is 4.70. The monoisotopic (exact) mass is 340 g/mol. The summed E-state index contributed by atoms with van der Waals surface area (Å²) in [6.45, 7) is 3.08. The first-order chi connectivity index (χ1) is 9.64. The van der Waals surface area contributed by atoms with Crippen molar-refractivity contribution in [3.8, 4) is 0 Å². The number of halogens is 8. The van der Waals surface area contributed by atoms with Crippen molar-refractivity contribution in [1.29, 1.82) is 0 Å². The van der Waals surface area contributed by atoms with E-state index in [-0.39, 0.29) is 6.42 Å². The third-order valence-electron chi connectivity index (χ3n) is 5.62. The van der Waals surface area contributed by atoms with Crippen LogP contribution < -0.4 is 0 Å². The SMILES string of the molecule is CC1C(C)C2CC1C(CC(O)(C(F)(F)F)C(F)(F)F)C2(F)F. The van der Waals surface area contributed by atoms with Crippen LogP contribution in [-0.2, 0) is 0 Å². The van der Waals surface area contributed by atoms with E-state index >= 15 is 0 Å². The van der Waals surface area contributed by atoms with Crippen LogP contribution in [0.4, 0.5) is 35.1 Å². The predicted octanol–water partition coefficient (Wildman–Crippen LogP) is 4.41. The van der Waals surface area contributed by atoms with Gasteiger partial charge in [-0.1, -0.05) is 13.8 Å². The van der Waals surface area contributed by atoms with Gasteiger partial charge < -0.3 is 5.11 Å². The molecular weight excluding hydrogens is 324 g/mol. The minimum Gasteiger partial charge on any atom is -0.374 e. The number of alkyl halides is 8. The lowest BCUT2D eigenvalue weighted by atomic mass is 9.69. The summed E-state index contributed by atoms with van der Waals surface area (Å²) in [5.41, 5.74) is -5.11. The summed E-state index contributed by atoms with van der Waals surface area (Å²) in [5.74, 6) is -8.82. The maximum Gasteiger partial charge on any atom is 0.426 e. The molecule has 2 rings (SSSR count). The van der Waals surface area contributed by atoms with Gasteiger partial charge in [-0.2, -0.15) is 26.3 Å². The van der Waals surface area contributed by atoms with Gasteiger partial charge in [0.15, 0.2) is 0 Å². The number of fused-ring (bicyclic) bond motifs is 2. The Balaban J connectivity index is 2.36. The largest absolute Gasteiger partial charge is 0.426 e. The summed E-state index contributed by atoms with van der Waals surface area (Å²) >= 11 is 0. The van der Waals surface area contributed by atoms with E-state index in [2.05, 4.69) is 0 Å². The van der Waals surface area contributed by atoms with Crippen LogP contribution >= 0.6 is 0 Å². The zero-order valence-electron chi connectivity index (χ0n) is 11.8. The quantitative estimate of drug-likeness (QED) is 0.739. The van der Waals surface area contributed by atoms with Gasteiger partial charge in [-0.3, -0.25) is 0 Å². The molecule has 2 saturated carbocycles. The van der Waals surface area contributed by atoms with E-state index in [0.29, 0.717) is 0 Å². The third kappa shape index (κ3) is 2.22. The summed E-state index contributed by atoms with van der Waals surface area (Å²) in [7, 11) is 0. The Bertz CT molecular complexity index is 426. The zero-order chi connectivity index (χ0) is 17.3. The zero-order valence-corrected chi connectivity index (χ0v) is 11.8. The molecule has 0 aromatic rings. The molecular formula is C13H16F8O. The first-order valence-electron chi connectivity index (χ1n) is 6.88.